The fourth-order valence-corrected chi connectivity index (χ4v) is 3.34. The zero-order chi connectivity index (χ0) is 16.9. The summed E-state index contributed by atoms with van der Waals surface area (Å²) in [5.74, 6) is 1.45. The van der Waals surface area contributed by atoms with Crippen molar-refractivity contribution in [3.8, 4) is 5.75 Å². The Morgan fingerprint density at radius 2 is 2.08 bits per heavy atom. The van der Waals surface area contributed by atoms with Crippen LogP contribution in [0.25, 0.3) is 0 Å². The summed E-state index contributed by atoms with van der Waals surface area (Å²) in [7, 11) is 0. The van der Waals surface area contributed by atoms with Crippen molar-refractivity contribution in [2.75, 3.05) is 0 Å². The van der Waals surface area contributed by atoms with Gasteiger partial charge in [0.05, 0.1) is 6.10 Å². The predicted octanol–water partition coefficient (Wildman–Crippen LogP) is 3.80. The Bertz CT molecular complexity index is 689. The summed E-state index contributed by atoms with van der Waals surface area (Å²) in [5.41, 5.74) is 1.85. The van der Waals surface area contributed by atoms with E-state index in [0.29, 0.717) is 5.84 Å². The first-order valence-electron chi connectivity index (χ1n) is 8.57. The van der Waals surface area contributed by atoms with Crippen LogP contribution in [0.2, 0.25) is 0 Å². The van der Waals surface area contributed by atoms with Gasteiger partial charge < -0.3 is 9.94 Å². The molecule has 2 aromatic rings. The number of aromatic nitrogens is 3. The summed E-state index contributed by atoms with van der Waals surface area (Å²) in [5, 5.41) is 17.1. The van der Waals surface area contributed by atoms with E-state index in [1.807, 2.05) is 18.2 Å². The van der Waals surface area contributed by atoms with Crippen LogP contribution in [0.3, 0.4) is 0 Å². The van der Waals surface area contributed by atoms with E-state index in [1.165, 1.54) is 36.6 Å². The Morgan fingerprint density at radius 1 is 1.29 bits per heavy atom. The van der Waals surface area contributed by atoms with E-state index in [2.05, 4.69) is 29.1 Å². The van der Waals surface area contributed by atoms with Crippen molar-refractivity contribution in [2.24, 2.45) is 5.16 Å². The minimum Gasteiger partial charge on any atom is -0.490 e. The molecule has 0 saturated heterocycles. The van der Waals surface area contributed by atoms with Crippen LogP contribution < -0.4 is 4.74 Å². The molecule has 1 saturated carbocycles. The summed E-state index contributed by atoms with van der Waals surface area (Å²) < 4.78 is 7.78. The van der Waals surface area contributed by atoms with E-state index in [0.717, 1.165) is 29.7 Å². The third-order valence-corrected chi connectivity index (χ3v) is 4.46. The zero-order valence-electron chi connectivity index (χ0n) is 14.2. The molecule has 1 aliphatic carbocycles. The predicted molar refractivity (Wildman–Crippen MR) is 91.8 cm³/mol. The highest BCUT2D eigenvalue weighted by Crippen LogP contribution is 2.33. The molecule has 0 amide bonds. The summed E-state index contributed by atoms with van der Waals surface area (Å²) in [6.07, 6.45) is 9.17. The standard InChI is InChI=1S/C18H24N4O2/c1-13(2)17-15(18(21-23)22-12-19-11-20-22)9-6-10-16(17)24-14-7-4-3-5-8-14/h6,9-14,23H,3-5,7-8H2,1-2H3. The van der Waals surface area contributed by atoms with Gasteiger partial charge >= 0.3 is 0 Å². The van der Waals surface area contributed by atoms with Crippen molar-refractivity contribution >= 4 is 5.84 Å². The molecule has 24 heavy (non-hydrogen) atoms. The van der Waals surface area contributed by atoms with Crippen molar-refractivity contribution in [1.29, 1.82) is 0 Å². The fourth-order valence-electron chi connectivity index (χ4n) is 3.34. The van der Waals surface area contributed by atoms with Crippen LogP contribution in [-0.2, 0) is 0 Å². The average molecular weight is 328 g/mol. The third-order valence-electron chi connectivity index (χ3n) is 4.46. The monoisotopic (exact) mass is 328 g/mol. The van der Waals surface area contributed by atoms with Gasteiger partial charge in [0, 0.05) is 11.1 Å². The summed E-state index contributed by atoms with van der Waals surface area (Å²) >= 11 is 0. The SMILES string of the molecule is CC(C)c1c(OC2CCCCC2)cccc1C(=NO)n1cncn1. The Morgan fingerprint density at radius 3 is 2.71 bits per heavy atom. The Kier molecular flexibility index (Phi) is 5.13. The highest BCUT2D eigenvalue weighted by atomic mass is 16.5. The Hall–Kier alpha value is -2.37. The Labute approximate surface area is 142 Å². The van der Waals surface area contributed by atoms with Crippen molar-refractivity contribution in [1.82, 2.24) is 14.8 Å². The lowest BCUT2D eigenvalue weighted by Gasteiger charge is -2.26. The summed E-state index contributed by atoms with van der Waals surface area (Å²) in [6.45, 7) is 4.23. The molecule has 0 bridgehead atoms. The van der Waals surface area contributed by atoms with E-state index in [4.69, 9.17) is 4.74 Å². The first-order chi connectivity index (χ1) is 11.7. The fraction of sp³-hybridized carbons (Fsp3) is 0.500. The summed E-state index contributed by atoms with van der Waals surface area (Å²) in [6, 6.07) is 5.87. The number of hydrogen-bond acceptors (Lipinski definition) is 5. The molecule has 0 aliphatic heterocycles. The topological polar surface area (TPSA) is 72.5 Å². The molecule has 1 aliphatic rings. The number of hydrogen-bond donors (Lipinski definition) is 1. The maximum atomic E-state index is 9.53. The van der Waals surface area contributed by atoms with Crippen LogP contribution in [0.15, 0.2) is 36.0 Å². The highest BCUT2D eigenvalue weighted by molar-refractivity contribution is 6.01. The van der Waals surface area contributed by atoms with E-state index >= 15 is 0 Å². The molecule has 6 heteroatoms. The van der Waals surface area contributed by atoms with Crippen LogP contribution in [-0.4, -0.2) is 31.9 Å². The molecule has 3 rings (SSSR count). The first kappa shape index (κ1) is 16.5. The minimum absolute atomic E-state index is 0.222. The molecule has 1 heterocycles. The van der Waals surface area contributed by atoms with E-state index in [9.17, 15) is 5.21 Å². The number of nitrogens with zero attached hydrogens (tertiary/aromatic N) is 4. The van der Waals surface area contributed by atoms with E-state index in [1.54, 1.807) is 0 Å². The zero-order valence-corrected chi connectivity index (χ0v) is 14.2. The lowest BCUT2D eigenvalue weighted by atomic mass is 9.94. The van der Waals surface area contributed by atoms with Gasteiger partial charge in [0.2, 0.25) is 5.84 Å². The first-order valence-corrected chi connectivity index (χ1v) is 8.57. The minimum atomic E-state index is 0.222. The van der Waals surface area contributed by atoms with Gasteiger partial charge in [-0.2, -0.15) is 9.78 Å². The number of rotatable bonds is 4. The molecule has 6 nitrogen and oxygen atoms in total. The number of benzene rings is 1. The van der Waals surface area contributed by atoms with Gasteiger partial charge in [-0.1, -0.05) is 37.6 Å². The molecule has 0 unspecified atom stereocenters. The molecular weight excluding hydrogens is 304 g/mol. The molecule has 128 valence electrons. The van der Waals surface area contributed by atoms with Gasteiger partial charge in [0.15, 0.2) is 0 Å². The average Bonchev–Trinajstić information content (AvgIpc) is 3.11. The molecule has 0 spiro atoms. The van der Waals surface area contributed by atoms with Crippen LogP contribution in [0.1, 0.15) is 63.0 Å². The van der Waals surface area contributed by atoms with Crippen LogP contribution in [0, 0.1) is 0 Å². The molecule has 1 aromatic carbocycles. The van der Waals surface area contributed by atoms with Gasteiger partial charge in [0.1, 0.15) is 18.4 Å². The molecule has 0 radical (unpaired) electrons. The van der Waals surface area contributed by atoms with Gasteiger partial charge in [-0.3, -0.25) is 0 Å². The second-order valence-corrected chi connectivity index (χ2v) is 6.51. The Balaban J connectivity index is 1.98. The van der Waals surface area contributed by atoms with Crippen molar-refractivity contribution in [2.45, 2.75) is 58.0 Å². The third kappa shape index (κ3) is 3.42. The smallest absolute Gasteiger partial charge is 0.201 e. The van der Waals surface area contributed by atoms with Gasteiger partial charge in [0.25, 0.3) is 0 Å². The van der Waals surface area contributed by atoms with E-state index in [-0.39, 0.29) is 12.0 Å². The van der Waals surface area contributed by atoms with E-state index < -0.39 is 0 Å². The molecule has 1 aromatic heterocycles. The normalized spacial score (nSPS) is 16.5. The lowest BCUT2D eigenvalue weighted by molar-refractivity contribution is 0.153. The number of ether oxygens (including phenoxy) is 1. The molecular formula is C18H24N4O2. The number of oxime groups is 1. The molecule has 1 fully saturated rings. The van der Waals surface area contributed by atoms with Crippen LogP contribution in [0.5, 0.6) is 5.75 Å². The van der Waals surface area contributed by atoms with Gasteiger partial charge in [-0.05, 0) is 37.7 Å². The maximum Gasteiger partial charge on any atom is 0.201 e. The van der Waals surface area contributed by atoms with Gasteiger partial charge in [-0.25, -0.2) is 4.98 Å². The lowest BCUT2D eigenvalue weighted by Crippen LogP contribution is -2.22. The second kappa shape index (κ2) is 7.47. The molecule has 0 atom stereocenters. The van der Waals surface area contributed by atoms with Crippen LogP contribution >= 0.6 is 0 Å². The van der Waals surface area contributed by atoms with Gasteiger partial charge in [-0.15, -0.1) is 0 Å². The largest absolute Gasteiger partial charge is 0.490 e. The molecule has 1 N–H and O–H groups in total. The van der Waals surface area contributed by atoms with Crippen molar-refractivity contribution in [3.05, 3.63) is 42.0 Å². The second-order valence-electron chi connectivity index (χ2n) is 6.51. The highest BCUT2D eigenvalue weighted by Gasteiger charge is 2.22. The van der Waals surface area contributed by atoms with Crippen molar-refractivity contribution < 1.29 is 9.94 Å². The van der Waals surface area contributed by atoms with Crippen LogP contribution in [0.4, 0.5) is 0 Å². The maximum absolute atomic E-state index is 9.53. The van der Waals surface area contributed by atoms with Crippen molar-refractivity contribution in [3.63, 3.8) is 0 Å². The quantitative estimate of drug-likeness (QED) is 0.401. The summed E-state index contributed by atoms with van der Waals surface area (Å²) in [4.78, 5) is 3.94.